The SMILES string of the molecule is CCCN1C(=O)c2ccc(Cl)cc2NC12CCCCC2. The Morgan fingerprint density at radius 1 is 1.30 bits per heavy atom. The molecule has 1 fully saturated rings. The number of nitrogens with one attached hydrogen (secondary N) is 1. The Hall–Kier alpha value is -1.22. The Bertz CT molecular complexity index is 523. The van der Waals surface area contributed by atoms with Gasteiger partial charge in [0.15, 0.2) is 0 Å². The van der Waals surface area contributed by atoms with Crippen molar-refractivity contribution in [1.29, 1.82) is 0 Å². The van der Waals surface area contributed by atoms with Gasteiger partial charge < -0.3 is 10.2 Å². The van der Waals surface area contributed by atoms with Gasteiger partial charge in [0, 0.05) is 11.6 Å². The van der Waals surface area contributed by atoms with E-state index in [0.717, 1.165) is 37.1 Å². The lowest BCUT2D eigenvalue weighted by Crippen LogP contribution is -2.60. The van der Waals surface area contributed by atoms with Crippen LogP contribution in [-0.4, -0.2) is 23.0 Å². The normalized spacial score (nSPS) is 20.7. The van der Waals surface area contributed by atoms with Gasteiger partial charge >= 0.3 is 0 Å². The summed E-state index contributed by atoms with van der Waals surface area (Å²) in [5.74, 6) is 0.152. The molecule has 1 spiro atoms. The predicted molar refractivity (Wildman–Crippen MR) is 82.2 cm³/mol. The minimum Gasteiger partial charge on any atom is -0.362 e. The van der Waals surface area contributed by atoms with E-state index >= 15 is 0 Å². The highest BCUT2D eigenvalue weighted by Crippen LogP contribution is 2.41. The number of anilines is 1. The first-order valence-corrected chi connectivity index (χ1v) is 7.94. The molecule has 1 aliphatic carbocycles. The number of rotatable bonds is 2. The molecule has 1 saturated carbocycles. The molecule has 2 aliphatic rings. The lowest BCUT2D eigenvalue weighted by Gasteiger charge is -2.50. The van der Waals surface area contributed by atoms with Crippen molar-refractivity contribution in [2.45, 2.75) is 51.1 Å². The second kappa shape index (κ2) is 5.28. The summed E-state index contributed by atoms with van der Waals surface area (Å²) < 4.78 is 0. The van der Waals surface area contributed by atoms with Crippen LogP contribution in [0.1, 0.15) is 55.8 Å². The molecule has 1 amide bonds. The number of carbonyl (C=O) groups excluding carboxylic acids is 1. The van der Waals surface area contributed by atoms with Crippen molar-refractivity contribution >= 4 is 23.2 Å². The van der Waals surface area contributed by atoms with Gasteiger partial charge in [-0.05, 0) is 50.3 Å². The number of carbonyl (C=O) groups is 1. The van der Waals surface area contributed by atoms with Gasteiger partial charge in [-0.3, -0.25) is 4.79 Å². The van der Waals surface area contributed by atoms with Crippen LogP contribution in [0, 0.1) is 0 Å². The highest BCUT2D eigenvalue weighted by Gasteiger charge is 2.44. The summed E-state index contributed by atoms with van der Waals surface area (Å²) >= 11 is 6.08. The van der Waals surface area contributed by atoms with E-state index in [4.69, 9.17) is 11.6 Å². The summed E-state index contributed by atoms with van der Waals surface area (Å²) in [4.78, 5) is 14.9. The molecule has 1 aliphatic heterocycles. The maximum atomic E-state index is 12.8. The Balaban J connectivity index is 2.04. The lowest BCUT2D eigenvalue weighted by atomic mass is 9.84. The van der Waals surface area contributed by atoms with Crippen molar-refractivity contribution < 1.29 is 4.79 Å². The highest BCUT2D eigenvalue weighted by molar-refractivity contribution is 6.31. The molecule has 3 nitrogen and oxygen atoms in total. The van der Waals surface area contributed by atoms with Crippen molar-refractivity contribution in [2.24, 2.45) is 0 Å². The summed E-state index contributed by atoms with van der Waals surface area (Å²) in [6, 6.07) is 5.52. The third kappa shape index (κ3) is 2.18. The molecular weight excluding hydrogens is 272 g/mol. The molecule has 3 rings (SSSR count). The van der Waals surface area contributed by atoms with Crippen molar-refractivity contribution in [3.63, 3.8) is 0 Å². The zero-order chi connectivity index (χ0) is 14.2. The molecule has 0 aromatic heterocycles. The Morgan fingerprint density at radius 3 is 2.75 bits per heavy atom. The largest absolute Gasteiger partial charge is 0.362 e. The number of hydrogen-bond donors (Lipinski definition) is 1. The van der Waals surface area contributed by atoms with Crippen molar-refractivity contribution in [3.05, 3.63) is 28.8 Å². The van der Waals surface area contributed by atoms with Crippen LogP contribution in [0.15, 0.2) is 18.2 Å². The summed E-state index contributed by atoms with van der Waals surface area (Å²) in [7, 11) is 0. The van der Waals surface area contributed by atoms with Crippen LogP contribution in [0.3, 0.4) is 0 Å². The average Bonchev–Trinajstić information content (AvgIpc) is 2.44. The van der Waals surface area contributed by atoms with Crippen LogP contribution in [0.4, 0.5) is 5.69 Å². The lowest BCUT2D eigenvalue weighted by molar-refractivity contribution is 0.0398. The van der Waals surface area contributed by atoms with Crippen LogP contribution < -0.4 is 5.32 Å². The zero-order valence-corrected chi connectivity index (χ0v) is 12.7. The van der Waals surface area contributed by atoms with Crippen LogP contribution in [0.5, 0.6) is 0 Å². The summed E-state index contributed by atoms with van der Waals surface area (Å²) in [5, 5.41) is 4.32. The van der Waals surface area contributed by atoms with Crippen LogP contribution in [0.25, 0.3) is 0 Å². The molecule has 1 N–H and O–H groups in total. The van der Waals surface area contributed by atoms with Gasteiger partial charge in [-0.2, -0.15) is 0 Å². The first kappa shape index (κ1) is 13.7. The van der Waals surface area contributed by atoms with E-state index in [1.54, 1.807) is 6.07 Å². The van der Waals surface area contributed by atoms with Crippen molar-refractivity contribution in [1.82, 2.24) is 4.90 Å². The smallest absolute Gasteiger partial charge is 0.257 e. The number of fused-ring (bicyclic) bond motifs is 1. The molecule has 4 heteroatoms. The van der Waals surface area contributed by atoms with Gasteiger partial charge in [0.1, 0.15) is 5.66 Å². The average molecular weight is 293 g/mol. The van der Waals surface area contributed by atoms with Crippen molar-refractivity contribution in [2.75, 3.05) is 11.9 Å². The first-order chi connectivity index (χ1) is 9.66. The van der Waals surface area contributed by atoms with Gasteiger partial charge in [0.25, 0.3) is 5.91 Å². The third-order valence-electron chi connectivity index (χ3n) is 4.47. The van der Waals surface area contributed by atoms with E-state index in [9.17, 15) is 4.79 Å². The molecular formula is C16H21ClN2O. The zero-order valence-electron chi connectivity index (χ0n) is 11.9. The van der Waals surface area contributed by atoms with Gasteiger partial charge in [-0.1, -0.05) is 24.9 Å². The second-order valence-corrected chi connectivity index (χ2v) is 6.30. The molecule has 0 atom stereocenters. The number of benzene rings is 1. The molecule has 1 heterocycles. The summed E-state index contributed by atoms with van der Waals surface area (Å²) in [6.07, 6.45) is 6.67. The molecule has 20 heavy (non-hydrogen) atoms. The molecule has 1 aromatic rings. The van der Waals surface area contributed by atoms with E-state index in [2.05, 4.69) is 17.1 Å². The van der Waals surface area contributed by atoms with Crippen LogP contribution >= 0.6 is 11.6 Å². The molecule has 0 bridgehead atoms. The number of hydrogen-bond acceptors (Lipinski definition) is 2. The van der Waals surface area contributed by atoms with E-state index in [0.29, 0.717) is 5.02 Å². The predicted octanol–water partition coefficient (Wildman–Crippen LogP) is 4.28. The fraction of sp³-hybridized carbons (Fsp3) is 0.562. The number of amides is 1. The molecule has 0 unspecified atom stereocenters. The number of halogens is 1. The fourth-order valence-electron chi connectivity index (χ4n) is 3.54. The minimum atomic E-state index is -0.191. The molecule has 0 radical (unpaired) electrons. The number of nitrogens with zero attached hydrogens (tertiary/aromatic N) is 1. The third-order valence-corrected chi connectivity index (χ3v) is 4.70. The van der Waals surface area contributed by atoms with Crippen molar-refractivity contribution in [3.8, 4) is 0 Å². The van der Waals surface area contributed by atoms with Gasteiger partial charge in [0.05, 0.1) is 11.3 Å². The van der Waals surface area contributed by atoms with E-state index in [1.807, 2.05) is 12.1 Å². The van der Waals surface area contributed by atoms with Crippen LogP contribution in [0.2, 0.25) is 5.02 Å². The van der Waals surface area contributed by atoms with E-state index < -0.39 is 0 Å². The minimum absolute atomic E-state index is 0.152. The monoisotopic (exact) mass is 292 g/mol. The maximum Gasteiger partial charge on any atom is 0.257 e. The quantitative estimate of drug-likeness (QED) is 0.882. The Labute approximate surface area is 125 Å². The highest BCUT2D eigenvalue weighted by atomic mass is 35.5. The van der Waals surface area contributed by atoms with Crippen LogP contribution in [-0.2, 0) is 0 Å². The van der Waals surface area contributed by atoms with E-state index in [-0.39, 0.29) is 11.6 Å². The van der Waals surface area contributed by atoms with E-state index in [1.165, 1.54) is 19.3 Å². The Morgan fingerprint density at radius 2 is 2.05 bits per heavy atom. The topological polar surface area (TPSA) is 32.3 Å². The Kier molecular flexibility index (Phi) is 3.63. The van der Waals surface area contributed by atoms with Gasteiger partial charge in [-0.25, -0.2) is 0 Å². The second-order valence-electron chi connectivity index (χ2n) is 5.86. The first-order valence-electron chi connectivity index (χ1n) is 7.56. The van der Waals surface area contributed by atoms with Gasteiger partial charge in [-0.15, -0.1) is 0 Å². The molecule has 108 valence electrons. The fourth-order valence-corrected chi connectivity index (χ4v) is 3.71. The standard InChI is InChI=1S/C16H21ClN2O/c1-2-10-19-15(20)13-7-6-12(17)11-14(13)18-16(19)8-4-3-5-9-16/h6-7,11,18H,2-5,8-10H2,1H3. The maximum absolute atomic E-state index is 12.8. The van der Waals surface area contributed by atoms with Gasteiger partial charge in [0.2, 0.25) is 0 Å². The summed E-state index contributed by atoms with van der Waals surface area (Å²) in [5.41, 5.74) is 1.46. The molecule has 1 aromatic carbocycles. The summed E-state index contributed by atoms with van der Waals surface area (Å²) in [6.45, 7) is 2.94. The molecule has 0 saturated heterocycles.